The van der Waals surface area contributed by atoms with Crippen LogP contribution in [0, 0.1) is 5.92 Å². The molecule has 0 N–H and O–H groups in total. The fraction of sp³-hybridized carbons (Fsp3) is 0.615. The lowest BCUT2D eigenvalue weighted by Gasteiger charge is -2.06. The minimum Gasteiger partial charge on any atom is -0.292 e. The van der Waals surface area contributed by atoms with Crippen LogP contribution in [0.4, 0.5) is 0 Å². The number of carbonyl (C=O) groups excluding carboxylic acids is 1. The lowest BCUT2D eigenvalue weighted by atomic mass is 10.2. The topological polar surface area (TPSA) is 17.1 Å². The van der Waals surface area contributed by atoms with Crippen LogP contribution in [0.3, 0.4) is 0 Å². The Hall–Kier alpha value is -0.280. The second-order valence-corrected chi connectivity index (χ2v) is 6.27. The molecule has 0 saturated heterocycles. The molecule has 1 aromatic rings. The van der Waals surface area contributed by atoms with Gasteiger partial charge < -0.3 is 0 Å². The van der Waals surface area contributed by atoms with E-state index in [1.807, 2.05) is 6.07 Å². The summed E-state index contributed by atoms with van der Waals surface area (Å²) in [7, 11) is 0. The molecule has 0 aliphatic rings. The molecule has 0 bridgehead atoms. The average Bonchev–Trinajstić information content (AvgIpc) is 2.77. The Morgan fingerprint density at radius 2 is 2.19 bits per heavy atom. The van der Waals surface area contributed by atoms with E-state index in [0.29, 0.717) is 11.7 Å². The van der Waals surface area contributed by atoms with E-state index in [1.165, 1.54) is 11.3 Å². The van der Waals surface area contributed by atoms with Crippen molar-refractivity contribution < 1.29 is 4.79 Å². The second-order valence-electron chi connectivity index (χ2n) is 4.07. The number of hydrogen-bond acceptors (Lipinski definition) is 3. The van der Waals surface area contributed by atoms with Crippen molar-refractivity contribution in [1.29, 1.82) is 0 Å². The summed E-state index contributed by atoms with van der Waals surface area (Å²) >= 11 is 3.41. The first-order valence-corrected chi connectivity index (χ1v) is 7.84. The molecular weight excluding hydrogens is 236 g/mol. The van der Waals surface area contributed by atoms with Crippen LogP contribution >= 0.6 is 23.1 Å². The van der Waals surface area contributed by atoms with E-state index in [0.717, 1.165) is 17.1 Å². The van der Waals surface area contributed by atoms with Gasteiger partial charge in [-0.05, 0) is 30.2 Å². The molecule has 1 aromatic heterocycles. The van der Waals surface area contributed by atoms with Gasteiger partial charge in [0, 0.05) is 4.88 Å². The third-order valence-corrected chi connectivity index (χ3v) is 5.16. The van der Waals surface area contributed by atoms with Crippen LogP contribution in [-0.4, -0.2) is 17.3 Å². The number of hydrogen-bond donors (Lipinski definition) is 0. The molecule has 1 rings (SSSR count). The number of rotatable bonds is 7. The number of ketones is 1. The summed E-state index contributed by atoms with van der Waals surface area (Å²) < 4.78 is 0. The Kier molecular flexibility index (Phi) is 6.14. The van der Waals surface area contributed by atoms with Gasteiger partial charge in [0.25, 0.3) is 0 Å². The van der Waals surface area contributed by atoms with Gasteiger partial charge in [0.2, 0.25) is 0 Å². The Morgan fingerprint density at radius 3 is 2.75 bits per heavy atom. The normalized spacial score (nSPS) is 12.7. The van der Waals surface area contributed by atoms with Gasteiger partial charge in [-0.2, -0.15) is 11.8 Å². The molecule has 1 heterocycles. The summed E-state index contributed by atoms with van der Waals surface area (Å²) in [5.74, 6) is 2.73. The van der Waals surface area contributed by atoms with E-state index in [2.05, 4.69) is 26.8 Å². The number of carbonyl (C=O) groups is 1. The smallest absolute Gasteiger partial charge is 0.182 e. The number of Topliss-reactive ketones (excluding diaryl/α,β-unsaturated/α-hetero) is 1. The van der Waals surface area contributed by atoms with Gasteiger partial charge in [-0.25, -0.2) is 0 Å². The fourth-order valence-electron chi connectivity index (χ4n) is 1.26. The zero-order chi connectivity index (χ0) is 12.0. The van der Waals surface area contributed by atoms with Gasteiger partial charge in [-0.1, -0.05) is 27.2 Å². The van der Waals surface area contributed by atoms with Gasteiger partial charge in [0.05, 0.1) is 10.6 Å². The van der Waals surface area contributed by atoms with Crippen molar-refractivity contribution in [1.82, 2.24) is 0 Å². The minimum absolute atomic E-state index is 0.290. The molecule has 0 aliphatic heterocycles. The van der Waals surface area contributed by atoms with Gasteiger partial charge >= 0.3 is 0 Å². The van der Waals surface area contributed by atoms with Crippen molar-refractivity contribution in [3.8, 4) is 0 Å². The van der Waals surface area contributed by atoms with E-state index < -0.39 is 0 Å². The standard InChI is InChI=1S/C13H20OS2/c1-4-10(3)8-15-9-12(14)13-7-6-11(5-2)16-13/h6-7,10H,4-5,8-9H2,1-3H3. The highest BCUT2D eigenvalue weighted by Crippen LogP contribution is 2.20. The first-order chi connectivity index (χ1) is 7.67. The van der Waals surface area contributed by atoms with Crippen LogP contribution in [0.2, 0.25) is 0 Å². The largest absolute Gasteiger partial charge is 0.292 e. The quantitative estimate of drug-likeness (QED) is 0.678. The van der Waals surface area contributed by atoms with E-state index in [-0.39, 0.29) is 5.78 Å². The molecule has 1 atom stereocenters. The highest BCUT2D eigenvalue weighted by atomic mass is 32.2. The van der Waals surface area contributed by atoms with Crippen LogP contribution in [0.25, 0.3) is 0 Å². The predicted octanol–water partition coefficient (Wildman–Crippen LogP) is 4.27. The highest BCUT2D eigenvalue weighted by molar-refractivity contribution is 8.00. The molecule has 0 spiro atoms. The van der Waals surface area contributed by atoms with Crippen molar-refractivity contribution in [3.63, 3.8) is 0 Å². The first kappa shape index (κ1) is 13.8. The first-order valence-electron chi connectivity index (χ1n) is 5.87. The molecule has 0 aromatic carbocycles. The van der Waals surface area contributed by atoms with Gasteiger partial charge in [0.15, 0.2) is 5.78 Å². The minimum atomic E-state index is 0.290. The number of aryl methyl sites for hydroxylation is 1. The maximum Gasteiger partial charge on any atom is 0.182 e. The molecule has 16 heavy (non-hydrogen) atoms. The SMILES string of the molecule is CCc1ccc(C(=O)CSCC(C)CC)s1. The Balaban J connectivity index is 2.35. The van der Waals surface area contributed by atoms with Crippen molar-refractivity contribution >= 4 is 28.9 Å². The summed E-state index contributed by atoms with van der Waals surface area (Å²) in [6.07, 6.45) is 2.22. The fourth-order valence-corrected chi connectivity index (χ4v) is 3.33. The zero-order valence-corrected chi connectivity index (χ0v) is 11.9. The predicted molar refractivity (Wildman–Crippen MR) is 74.8 cm³/mol. The van der Waals surface area contributed by atoms with Crippen LogP contribution < -0.4 is 0 Å². The molecule has 0 amide bonds. The molecule has 0 radical (unpaired) electrons. The highest BCUT2D eigenvalue weighted by Gasteiger charge is 2.09. The van der Waals surface area contributed by atoms with Crippen LogP contribution in [0.1, 0.15) is 41.7 Å². The van der Waals surface area contributed by atoms with E-state index >= 15 is 0 Å². The third kappa shape index (κ3) is 4.30. The molecule has 1 unspecified atom stereocenters. The molecule has 90 valence electrons. The summed E-state index contributed by atoms with van der Waals surface area (Å²) in [5.41, 5.74) is 0. The Bertz CT molecular complexity index is 330. The molecule has 0 saturated carbocycles. The number of thioether (sulfide) groups is 1. The molecule has 1 nitrogen and oxygen atoms in total. The summed E-state index contributed by atoms with van der Waals surface area (Å²) in [6.45, 7) is 6.55. The van der Waals surface area contributed by atoms with Crippen LogP contribution in [-0.2, 0) is 6.42 Å². The van der Waals surface area contributed by atoms with Crippen molar-refractivity contribution in [2.45, 2.75) is 33.6 Å². The van der Waals surface area contributed by atoms with Crippen molar-refractivity contribution in [2.75, 3.05) is 11.5 Å². The van der Waals surface area contributed by atoms with Crippen LogP contribution in [0.15, 0.2) is 12.1 Å². The molecule has 0 aliphatic carbocycles. The number of thiophene rings is 1. The van der Waals surface area contributed by atoms with Gasteiger partial charge in [-0.3, -0.25) is 4.79 Å². The lowest BCUT2D eigenvalue weighted by molar-refractivity contribution is 0.102. The maximum absolute atomic E-state index is 11.8. The van der Waals surface area contributed by atoms with Crippen molar-refractivity contribution in [2.24, 2.45) is 5.92 Å². The summed E-state index contributed by atoms with van der Waals surface area (Å²) in [5, 5.41) is 0. The Labute approximate surface area is 107 Å². The lowest BCUT2D eigenvalue weighted by Crippen LogP contribution is -2.03. The van der Waals surface area contributed by atoms with Crippen molar-refractivity contribution in [3.05, 3.63) is 21.9 Å². The second kappa shape index (κ2) is 7.13. The zero-order valence-electron chi connectivity index (χ0n) is 10.3. The Morgan fingerprint density at radius 1 is 1.44 bits per heavy atom. The maximum atomic E-state index is 11.8. The van der Waals surface area contributed by atoms with E-state index in [1.54, 1.807) is 23.1 Å². The molecule has 0 fully saturated rings. The van der Waals surface area contributed by atoms with Crippen LogP contribution in [0.5, 0.6) is 0 Å². The third-order valence-electron chi connectivity index (χ3n) is 2.62. The monoisotopic (exact) mass is 256 g/mol. The van der Waals surface area contributed by atoms with Gasteiger partial charge in [0.1, 0.15) is 0 Å². The van der Waals surface area contributed by atoms with Gasteiger partial charge in [-0.15, -0.1) is 11.3 Å². The molecule has 3 heteroatoms. The summed E-state index contributed by atoms with van der Waals surface area (Å²) in [6, 6.07) is 4.03. The summed E-state index contributed by atoms with van der Waals surface area (Å²) in [4.78, 5) is 14.1. The van der Waals surface area contributed by atoms with E-state index in [9.17, 15) is 4.79 Å². The molecular formula is C13H20OS2. The van der Waals surface area contributed by atoms with E-state index in [4.69, 9.17) is 0 Å². The average molecular weight is 256 g/mol.